The van der Waals surface area contributed by atoms with Crippen molar-refractivity contribution in [3.8, 4) is 44.5 Å². The molecule has 0 aliphatic carbocycles. The standard InChI is InChI=1S/2C33H39.C2H6Si.2ClH.Zr/c2*1-31(2,3)25-18-24(19-26(20-25)32(4,5)6)30-28(22-13-11-10-12-14-22)16-15-23-17-27(21-29(23)30)33(7,8)9;1-3-2;;;/h2*10-21H,1-9H3;1-2H3;2*1H;/q2*-1;;;;+4/p-2. The van der Waals surface area contributed by atoms with Crippen molar-refractivity contribution in [2.75, 3.05) is 0 Å². The molecule has 0 atom stereocenters. The summed E-state index contributed by atoms with van der Waals surface area (Å²) in [6, 6.07) is 55.1. The van der Waals surface area contributed by atoms with Crippen LogP contribution in [0.1, 0.15) is 158 Å². The van der Waals surface area contributed by atoms with Crippen LogP contribution in [-0.4, -0.2) is 9.52 Å². The average molecular weight is 1090 g/mol. The van der Waals surface area contributed by atoms with E-state index in [0.29, 0.717) is 0 Å². The molecule has 0 unspecified atom stereocenters. The van der Waals surface area contributed by atoms with Crippen molar-refractivity contribution >= 4 is 48.1 Å². The molecule has 2 radical (unpaired) electrons. The summed E-state index contributed by atoms with van der Waals surface area (Å²) in [7, 11) is 11.0. The summed E-state index contributed by atoms with van der Waals surface area (Å²) in [6.45, 7) is 45.9. The molecule has 72 heavy (non-hydrogen) atoms. The first-order valence-electron chi connectivity index (χ1n) is 25.8. The molecule has 8 aromatic carbocycles. The van der Waals surface area contributed by atoms with E-state index in [-0.39, 0.29) is 32.5 Å². The molecule has 0 aliphatic heterocycles. The van der Waals surface area contributed by atoms with E-state index >= 15 is 0 Å². The van der Waals surface area contributed by atoms with E-state index in [1.165, 1.54) is 99.4 Å². The second kappa shape index (κ2) is 23.4. The monoisotopic (exact) mass is 1090 g/mol. The van der Waals surface area contributed by atoms with Gasteiger partial charge >= 0.3 is 37.9 Å². The van der Waals surface area contributed by atoms with E-state index in [2.05, 4.69) is 283 Å². The Bertz CT molecular complexity index is 2760. The molecule has 0 heterocycles. The van der Waals surface area contributed by atoms with Gasteiger partial charge in [-0.15, -0.1) is 56.9 Å². The van der Waals surface area contributed by atoms with Gasteiger partial charge in [0.2, 0.25) is 0 Å². The Morgan fingerprint density at radius 3 is 0.847 bits per heavy atom. The van der Waals surface area contributed by atoms with Gasteiger partial charge < -0.3 is 0 Å². The topological polar surface area (TPSA) is 0 Å². The molecular formula is C68H84Cl2SiZr. The average Bonchev–Trinajstić information content (AvgIpc) is 3.95. The van der Waals surface area contributed by atoms with Crippen LogP contribution in [0.3, 0.4) is 0 Å². The summed E-state index contributed by atoms with van der Waals surface area (Å²) < 4.78 is 0. The number of hydrogen-bond donors (Lipinski definition) is 0. The quantitative estimate of drug-likeness (QED) is 0.122. The molecule has 0 nitrogen and oxygen atoms in total. The minimum absolute atomic E-state index is 0.0827. The maximum atomic E-state index is 4.93. The van der Waals surface area contributed by atoms with Crippen LogP contribution in [0.4, 0.5) is 0 Å². The van der Waals surface area contributed by atoms with Crippen LogP contribution >= 0.6 is 17.0 Å². The van der Waals surface area contributed by atoms with Crippen LogP contribution in [0.2, 0.25) is 13.1 Å². The van der Waals surface area contributed by atoms with E-state index in [0.717, 1.165) is 9.52 Å². The molecular weight excluding hydrogens is 1010 g/mol. The van der Waals surface area contributed by atoms with Crippen molar-refractivity contribution in [1.29, 1.82) is 0 Å². The fourth-order valence-corrected chi connectivity index (χ4v) is 9.04. The van der Waals surface area contributed by atoms with Crippen LogP contribution in [0.25, 0.3) is 66.1 Å². The molecule has 0 aliphatic rings. The first-order valence-corrected chi connectivity index (χ1v) is 34.1. The third-order valence-corrected chi connectivity index (χ3v) is 13.6. The number of rotatable bonds is 4. The molecule has 378 valence electrons. The Kier molecular flexibility index (Phi) is 19.2. The summed E-state index contributed by atoms with van der Waals surface area (Å²) in [5, 5.41) is 5.36. The van der Waals surface area contributed by atoms with Crippen LogP contribution in [0, 0.1) is 0 Å². The van der Waals surface area contributed by atoms with Crippen LogP contribution in [-0.2, 0) is 53.3 Å². The van der Waals surface area contributed by atoms with Gasteiger partial charge in [0.15, 0.2) is 0 Å². The zero-order chi connectivity index (χ0) is 53.8. The zero-order valence-corrected chi connectivity index (χ0v) is 52.6. The summed E-state index contributed by atoms with van der Waals surface area (Å²) in [5.41, 5.74) is 19.4. The Labute approximate surface area is 459 Å². The second-order valence-electron chi connectivity index (χ2n) is 25.9. The first-order chi connectivity index (χ1) is 33.3. The van der Waals surface area contributed by atoms with E-state index in [1.807, 2.05) is 0 Å². The molecule has 0 saturated heterocycles. The van der Waals surface area contributed by atoms with Gasteiger partial charge in [-0.3, -0.25) is 0 Å². The molecule has 4 heteroatoms. The third kappa shape index (κ3) is 14.7. The summed E-state index contributed by atoms with van der Waals surface area (Å²) in [5.74, 6) is 0. The van der Waals surface area contributed by atoms with E-state index in [9.17, 15) is 0 Å². The molecule has 0 saturated carbocycles. The summed E-state index contributed by atoms with van der Waals surface area (Å²) >= 11 is -0.826. The van der Waals surface area contributed by atoms with E-state index in [4.69, 9.17) is 17.0 Å². The molecule has 0 fully saturated rings. The van der Waals surface area contributed by atoms with Crippen LogP contribution < -0.4 is 0 Å². The van der Waals surface area contributed by atoms with Crippen molar-refractivity contribution in [3.05, 3.63) is 179 Å². The number of hydrogen-bond acceptors (Lipinski definition) is 0. The van der Waals surface area contributed by atoms with Crippen LogP contribution in [0.15, 0.2) is 146 Å². The SMILES string of the molecule is CC(C)(C)c1cc(-c2c(-c3ccccc3)ccc3[cH-]c(C(C)(C)C)cc23)cc(C(C)(C)C)c1.CC(C)(C)c1cc(-c2c(-c3ccccc3)ccc3[cH-]c(C(C)(C)C)cc23)cc(C(C)(C)C)c1.C[Si]C.[Cl][Zr+2][Cl]. The molecule has 0 aromatic heterocycles. The Morgan fingerprint density at radius 2 is 0.611 bits per heavy atom. The molecule has 0 amide bonds. The van der Waals surface area contributed by atoms with Crippen molar-refractivity contribution in [2.45, 2.75) is 170 Å². The normalized spacial score (nSPS) is 12.3. The Balaban J connectivity index is 0.000000241. The van der Waals surface area contributed by atoms with Gasteiger partial charge in [-0.25, -0.2) is 0 Å². The van der Waals surface area contributed by atoms with Gasteiger partial charge in [0.1, 0.15) is 0 Å². The van der Waals surface area contributed by atoms with Gasteiger partial charge in [0.25, 0.3) is 0 Å². The number of fused-ring (bicyclic) bond motifs is 2. The molecule has 8 rings (SSSR count). The molecule has 0 N–H and O–H groups in total. The fraction of sp³-hybridized carbons (Fsp3) is 0.382. The predicted molar refractivity (Wildman–Crippen MR) is 322 cm³/mol. The minimum atomic E-state index is -0.826. The Morgan fingerprint density at radius 1 is 0.347 bits per heavy atom. The number of benzene rings is 6. The van der Waals surface area contributed by atoms with Crippen molar-refractivity contribution in [3.63, 3.8) is 0 Å². The summed E-state index contributed by atoms with van der Waals surface area (Å²) in [6.07, 6.45) is 0. The maximum absolute atomic E-state index is 4.93. The summed E-state index contributed by atoms with van der Waals surface area (Å²) in [4.78, 5) is 0. The zero-order valence-electron chi connectivity index (χ0n) is 47.6. The van der Waals surface area contributed by atoms with Crippen molar-refractivity contribution < 1.29 is 20.8 Å². The first kappa shape index (κ1) is 59.1. The molecule has 8 aromatic rings. The second-order valence-corrected chi connectivity index (χ2v) is 30.6. The Hall–Kier alpha value is -3.78. The number of halogens is 2. The van der Waals surface area contributed by atoms with Gasteiger partial charge in [-0.2, -0.15) is 12.1 Å². The van der Waals surface area contributed by atoms with E-state index in [1.54, 1.807) is 0 Å². The fourth-order valence-electron chi connectivity index (χ4n) is 9.04. The van der Waals surface area contributed by atoms with Gasteiger partial charge in [-0.1, -0.05) is 258 Å². The van der Waals surface area contributed by atoms with Crippen LogP contribution in [0.5, 0.6) is 0 Å². The van der Waals surface area contributed by atoms with Gasteiger partial charge in [0.05, 0.1) is 0 Å². The van der Waals surface area contributed by atoms with Gasteiger partial charge in [-0.05, 0) is 88.1 Å². The van der Waals surface area contributed by atoms with Gasteiger partial charge in [0, 0.05) is 9.52 Å². The van der Waals surface area contributed by atoms with Crippen molar-refractivity contribution in [1.82, 2.24) is 0 Å². The molecule has 0 spiro atoms. The molecule has 0 bridgehead atoms. The van der Waals surface area contributed by atoms with E-state index < -0.39 is 20.8 Å². The predicted octanol–water partition coefficient (Wildman–Crippen LogP) is 21.7. The third-order valence-electron chi connectivity index (χ3n) is 13.6. The van der Waals surface area contributed by atoms with Crippen molar-refractivity contribution in [2.24, 2.45) is 0 Å².